The van der Waals surface area contributed by atoms with Crippen molar-refractivity contribution in [2.75, 3.05) is 11.1 Å². The Morgan fingerprint density at radius 3 is 2.39 bits per heavy atom. The molecule has 0 bridgehead atoms. The van der Waals surface area contributed by atoms with Gasteiger partial charge < -0.3 is 26.8 Å². The van der Waals surface area contributed by atoms with Crippen molar-refractivity contribution in [3.05, 3.63) is 70.1 Å². The number of rotatable bonds is 10. The number of carbonyl (C=O) groups excluding carboxylic acids is 2. The van der Waals surface area contributed by atoms with Crippen LogP contribution in [0.5, 0.6) is 5.75 Å². The number of esters is 1. The van der Waals surface area contributed by atoms with Crippen molar-refractivity contribution in [1.29, 1.82) is 5.41 Å². The van der Waals surface area contributed by atoms with E-state index in [-0.39, 0.29) is 42.5 Å². The number of carbonyl (C=O) groups is 2. The van der Waals surface area contributed by atoms with E-state index in [4.69, 9.17) is 21.6 Å². The Morgan fingerprint density at radius 2 is 1.79 bits per heavy atom. The van der Waals surface area contributed by atoms with E-state index in [2.05, 4.69) is 15.6 Å². The second-order valence-corrected chi connectivity index (χ2v) is 9.44. The van der Waals surface area contributed by atoms with Gasteiger partial charge in [-0.2, -0.15) is 0 Å². The number of nitrogens with zero attached hydrogens (tertiary/aromatic N) is 2. The Labute approximate surface area is 220 Å². The molecule has 38 heavy (non-hydrogen) atoms. The maximum atomic E-state index is 13.4. The normalized spacial score (nSPS) is 10.9. The van der Waals surface area contributed by atoms with Gasteiger partial charge in [-0.1, -0.05) is 38.1 Å². The van der Waals surface area contributed by atoms with E-state index in [1.807, 2.05) is 13.8 Å². The van der Waals surface area contributed by atoms with Crippen molar-refractivity contribution in [1.82, 2.24) is 14.9 Å². The van der Waals surface area contributed by atoms with E-state index in [9.17, 15) is 14.4 Å². The summed E-state index contributed by atoms with van der Waals surface area (Å²) in [6.45, 7) is 7.11. The third-order valence-electron chi connectivity index (χ3n) is 5.45. The predicted octanol–water partition coefficient (Wildman–Crippen LogP) is 2.47. The van der Waals surface area contributed by atoms with Gasteiger partial charge in [-0.3, -0.25) is 24.4 Å². The molecule has 0 spiro atoms. The van der Waals surface area contributed by atoms with Gasteiger partial charge in [-0.25, -0.2) is 4.98 Å². The fourth-order valence-corrected chi connectivity index (χ4v) is 3.51. The zero-order valence-electron chi connectivity index (χ0n) is 21.9. The van der Waals surface area contributed by atoms with Crippen LogP contribution in [-0.4, -0.2) is 33.3 Å². The molecule has 2 aromatic carbocycles. The standard InChI is InChI=1S/C27H33N7O4/c1-15(2)27(37)38-21-10-19(9-20(28)11-21)22-13-32-25(33-16(3)4)26(36)34(22)14-23(35)31-12-17-5-7-18(8-6-17)24(29)30/h5-11,13,15-16H,12,14,28H2,1-4H3,(H3,29,30)(H,31,35)(H,32,33). The summed E-state index contributed by atoms with van der Waals surface area (Å²) >= 11 is 0. The maximum Gasteiger partial charge on any atom is 0.313 e. The zero-order valence-corrected chi connectivity index (χ0v) is 21.9. The number of ether oxygens (including phenoxy) is 1. The molecule has 3 aromatic rings. The maximum absolute atomic E-state index is 13.4. The average molecular weight is 520 g/mol. The van der Waals surface area contributed by atoms with Crippen molar-refractivity contribution in [2.24, 2.45) is 11.7 Å². The van der Waals surface area contributed by atoms with E-state index in [1.54, 1.807) is 50.2 Å². The van der Waals surface area contributed by atoms with Crippen LogP contribution in [0.25, 0.3) is 11.3 Å². The molecule has 0 aliphatic rings. The Kier molecular flexibility index (Phi) is 8.85. The van der Waals surface area contributed by atoms with Crippen LogP contribution in [0.15, 0.2) is 53.5 Å². The first-order valence-corrected chi connectivity index (χ1v) is 12.1. The van der Waals surface area contributed by atoms with Crippen molar-refractivity contribution in [3.8, 4) is 17.0 Å². The number of aromatic nitrogens is 2. The number of nitrogens with two attached hydrogens (primary N) is 2. The monoisotopic (exact) mass is 519 g/mol. The van der Waals surface area contributed by atoms with E-state index < -0.39 is 17.4 Å². The van der Waals surface area contributed by atoms with E-state index in [0.717, 1.165) is 5.56 Å². The molecule has 200 valence electrons. The molecule has 0 aliphatic heterocycles. The molecule has 1 heterocycles. The Balaban J connectivity index is 1.92. The summed E-state index contributed by atoms with van der Waals surface area (Å²) in [6.07, 6.45) is 1.47. The highest BCUT2D eigenvalue weighted by Crippen LogP contribution is 2.27. The predicted molar refractivity (Wildman–Crippen MR) is 147 cm³/mol. The third kappa shape index (κ3) is 7.19. The van der Waals surface area contributed by atoms with E-state index >= 15 is 0 Å². The number of benzene rings is 2. The fourth-order valence-electron chi connectivity index (χ4n) is 3.51. The molecule has 11 heteroatoms. The Hall–Kier alpha value is -4.67. The van der Waals surface area contributed by atoms with Crippen LogP contribution in [-0.2, 0) is 22.7 Å². The van der Waals surface area contributed by atoms with Crippen LogP contribution in [0.1, 0.15) is 38.8 Å². The van der Waals surface area contributed by atoms with Crippen LogP contribution in [0, 0.1) is 11.3 Å². The molecular weight excluding hydrogens is 486 g/mol. The number of amides is 1. The average Bonchev–Trinajstić information content (AvgIpc) is 2.84. The second kappa shape index (κ2) is 12.0. The van der Waals surface area contributed by atoms with Crippen LogP contribution >= 0.6 is 0 Å². The molecule has 0 atom stereocenters. The molecule has 1 aromatic heterocycles. The highest BCUT2D eigenvalue weighted by atomic mass is 16.5. The summed E-state index contributed by atoms with van der Waals surface area (Å²) in [5, 5.41) is 13.3. The SMILES string of the molecule is CC(C)Nc1ncc(-c2cc(N)cc(OC(=O)C(C)C)c2)n(CC(=O)NCc2ccc(C(=N)N)cc2)c1=O. The number of hydrogen-bond acceptors (Lipinski definition) is 8. The van der Waals surface area contributed by atoms with Gasteiger partial charge in [0.15, 0.2) is 5.82 Å². The molecule has 0 saturated carbocycles. The number of nitrogens with one attached hydrogen (secondary N) is 3. The third-order valence-corrected chi connectivity index (χ3v) is 5.45. The lowest BCUT2D eigenvalue weighted by Crippen LogP contribution is -2.35. The Bertz CT molecular complexity index is 1400. The molecule has 0 aliphatic carbocycles. The number of nitrogen functional groups attached to an aromatic ring is 2. The van der Waals surface area contributed by atoms with E-state index in [0.29, 0.717) is 22.5 Å². The number of hydrogen-bond donors (Lipinski definition) is 5. The van der Waals surface area contributed by atoms with Gasteiger partial charge in [0.1, 0.15) is 18.1 Å². The van der Waals surface area contributed by atoms with Crippen LogP contribution < -0.4 is 32.4 Å². The lowest BCUT2D eigenvalue weighted by atomic mass is 10.1. The number of amidine groups is 1. The summed E-state index contributed by atoms with van der Waals surface area (Å²) in [6, 6.07) is 11.6. The first kappa shape index (κ1) is 27.9. The van der Waals surface area contributed by atoms with Gasteiger partial charge >= 0.3 is 5.97 Å². The minimum atomic E-state index is -0.486. The Morgan fingerprint density at radius 1 is 1.11 bits per heavy atom. The van der Waals surface area contributed by atoms with Gasteiger partial charge in [0, 0.05) is 35.5 Å². The smallest absolute Gasteiger partial charge is 0.313 e. The molecule has 11 nitrogen and oxygen atoms in total. The largest absolute Gasteiger partial charge is 0.426 e. The molecule has 0 saturated heterocycles. The van der Waals surface area contributed by atoms with Crippen LogP contribution in [0.3, 0.4) is 0 Å². The first-order chi connectivity index (χ1) is 17.9. The van der Waals surface area contributed by atoms with Crippen LogP contribution in [0.2, 0.25) is 0 Å². The molecular formula is C27H33N7O4. The lowest BCUT2D eigenvalue weighted by molar-refractivity contribution is -0.137. The van der Waals surface area contributed by atoms with Gasteiger partial charge in [-0.15, -0.1) is 0 Å². The lowest BCUT2D eigenvalue weighted by Gasteiger charge is -2.17. The molecule has 7 N–H and O–H groups in total. The van der Waals surface area contributed by atoms with Gasteiger partial charge in [0.05, 0.1) is 17.8 Å². The first-order valence-electron chi connectivity index (χ1n) is 12.1. The van der Waals surface area contributed by atoms with Crippen LogP contribution in [0.4, 0.5) is 11.5 Å². The summed E-state index contributed by atoms with van der Waals surface area (Å²) in [5.74, 6) is -0.888. The van der Waals surface area contributed by atoms with Crippen molar-refractivity contribution >= 4 is 29.2 Å². The fraction of sp³-hybridized carbons (Fsp3) is 0.296. The van der Waals surface area contributed by atoms with Crippen molar-refractivity contribution in [2.45, 2.75) is 46.8 Å². The highest BCUT2D eigenvalue weighted by Gasteiger charge is 2.18. The zero-order chi connectivity index (χ0) is 28.0. The minimum absolute atomic E-state index is 0.0420. The minimum Gasteiger partial charge on any atom is -0.426 e. The summed E-state index contributed by atoms with van der Waals surface area (Å²) < 4.78 is 6.72. The molecule has 3 rings (SSSR count). The van der Waals surface area contributed by atoms with Gasteiger partial charge in [-0.05, 0) is 31.5 Å². The van der Waals surface area contributed by atoms with Gasteiger partial charge in [0.2, 0.25) is 5.91 Å². The molecule has 0 radical (unpaired) electrons. The summed E-state index contributed by atoms with van der Waals surface area (Å²) in [5.41, 5.74) is 13.6. The summed E-state index contributed by atoms with van der Waals surface area (Å²) in [7, 11) is 0. The topological polar surface area (TPSA) is 178 Å². The highest BCUT2D eigenvalue weighted by molar-refractivity contribution is 5.94. The van der Waals surface area contributed by atoms with Gasteiger partial charge in [0.25, 0.3) is 5.56 Å². The van der Waals surface area contributed by atoms with Crippen molar-refractivity contribution in [3.63, 3.8) is 0 Å². The quantitative estimate of drug-likeness (QED) is 0.0891. The number of anilines is 2. The van der Waals surface area contributed by atoms with Crippen molar-refractivity contribution < 1.29 is 14.3 Å². The summed E-state index contributed by atoms with van der Waals surface area (Å²) in [4.78, 5) is 42.7. The second-order valence-electron chi connectivity index (χ2n) is 9.44. The molecule has 0 fully saturated rings. The molecule has 1 amide bonds. The van der Waals surface area contributed by atoms with E-state index in [1.165, 1.54) is 16.8 Å². The molecule has 0 unspecified atom stereocenters.